The topological polar surface area (TPSA) is 37.3 Å². The summed E-state index contributed by atoms with van der Waals surface area (Å²) in [7, 11) is 0. The molecule has 2 unspecified atom stereocenters. The Hall–Kier alpha value is -0.580. The van der Waals surface area contributed by atoms with Crippen LogP contribution in [0.4, 0.5) is 13.2 Å². The first-order valence-corrected chi connectivity index (χ1v) is 5.06. The van der Waals surface area contributed by atoms with Crippen molar-refractivity contribution in [1.82, 2.24) is 0 Å². The Morgan fingerprint density at radius 1 is 1.47 bits per heavy atom. The monoisotopic (exact) mass is 224 g/mol. The lowest BCUT2D eigenvalue weighted by molar-refractivity contribution is -0.288. The van der Waals surface area contributed by atoms with E-state index in [1.165, 1.54) is 6.92 Å². The molecule has 0 aromatic rings. The maximum atomic E-state index is 12.7. The van der Waals surface area contributed by atoms with Gasteiger partial charge in [-0.15, -0.1) is 0 Å². The van der Waals surface area contributed by atoms with Crippen molar-refractivity contribution in [3.8, 4) is 0 Å². The summed E-state index contributed by atoms with van der Waals surface area (Å²) in [5, 5.41) is 9.64. The highest BCUT2D eigenvalue weighted by Gasteiger charge is 2.58. The largest absolute Gasteiger partial charge is 0.417 e. The fraction of sp³-hybridized carbons (Fsp3) is 0.900. The molecule has 1 fully saturated rings. The molecule has 1 saturated carbocycles. The average Bonchev–Trinajstić information content (AvgIpc) is 2.06. The van der Waals surface area contributed by atoms with E-state index in [1.54, 1.807) is 0 Å². The molecule has 0 radical (unpaired) electrons. The van der Waals surface area contributed by atoms with Crippen LogP contribution >= 0.6 is 0 Å². The van der Waals surface area contributed by atoms with Crippen molar-refractivity contribution in [3.05, 3.63) is 0 Å². The summed E-state index contributed by atoms with van der Waals surface area (Å²) in [5.74, 6) is -1.27. The van der Waals surface area contributed by atoms with E-state index >= 15 is 0 Å². The highest BCUT2D eigenvalue weighted by atomic mass is 19.4. The molecule has 1 N–H and O–H groups in total. The van der Waals surface area contributed by atoms with Gasteiger partial charge in [-0.05, 0) is 19.8 Å². The highest BCUT2D eigenvalue weighted by molar-refractivity contribution is 5.75. The van der Waals surface area contributed by atoms with Crippen LogP contribution < -0.4 is 0 Å². The fourth-order valence-electron chi connectivity index (χ4n) is 2.22. The molecule has 0 aromatic carbocycles. The summed E-state index contributed by atoms with van der Waals surface area (Å²) in [6.45, 7) is 1.26. The third kappa shape index (κ3) is 2.51. The van der Waals surface area contributed by atoms with Crippen LogP contribution in [-0.4, -0.2) is 22.7 Å². The molecule has 15 heavy (non-hydrogen) atoms. The van der Waals surface area contributed by atoms with Crippen molar-refractivity contribution in [3.63, 3.8) is 0 Å². The van der Waals surface area contributed by atoms with Crippen molar-refractivity contribution in [1.29, 1.82) is 0 Å². The minimum absolute atomic E-state index is 0.185. The van der Waals surface area contributed by atoms with Crippen LogP contribution in [0.3, 0.4) is 0 Å². The van der Waals surface area contributed by atoms with Crippen LogP contribution in [0.5, 0.6) is 0 Å². The van der Waals surface area contributed by atoms with Crippen LogP contribution in [0.15, 0.2) is 0 Å². The predicted octanol–water partition coefficient (Wildman–Crippen LogP) is 2.45. The molecule has 88 valence electrons. The molecule has 0 bridgehead atoms. The molecule has 2 atom stereocenters. The molecular weight excluding hydrogens is 209 g/mol. The summed E-state index contributed by atoms with van der Waals surface area (Å²) in [6, 6.07) is 0. The van der Waals surface area contributed by atoms with Crippen molar-refractivity contribution in [2.24, 2.45) is 5.92 Å². The van der Waals surface area contributed by atoms with Crippen molar-refractivity contribution in [2.75, 3.05) is 0 Å². The third-order valence-corrected chi connectivity index (χ3v) is 3.06. The second-order valence-corrected chi connectivity index (χ2v) is 4.27. The van der Waals surface area contributed by atoms with Gasteiger partial charge in [0.25, 0.3) is 0 Å². The number of aliphatic hydroxyl groups is 1. The number of hydrogen-bond acceptors (Lipinski definition) is 2. The van der Waals surface area contributed by atoms with E-state index in [4.69, 9.17) is 0 Å². The van der Waals surface area contributed by atoms with E-state index in [1.807, 2.05) is 0 Å². The van der Waals surface area contributed by atoms with Gasteiger partial charge < -0.3 is 9.90 Å². The first-order valence-electron chi connectivity index (χ1n) is 5.06. The molecule has 0 spiro atoms. The lowest BCUT2D eigenvalue weighted by Crippen LogP contribution is -2.53. The van der Waals surface area contributed by atoms with E-state index in [2.05, 4.69) is 0 Å². The Labute approximate surface area is 86.5 Å². The normalized spacial score (nSPS) is 32.7. The lowest BCUT2D eigenvalue weighted by Gasteiger charge is -2.40. The van der Waals surface area contributed by atoms with Gasteiger partial charge in [0, 0.05) is 12.3 Å². The second kappa shape index (κ2) is 4.12. The van der Waals surface area contributed by atoms with E-state index in [-0.39, 0.29) is 25.0 Å². The Morgan fingerprint density at radius 3 is 2.53 bits per heavy atom. The number of rotatable bonds is 2. The average molecular weight is 224 g/mol. The Morgan fingerprint density at radius 2 is 2.07 bits per heavy atom. The van der Waals surface area contributed by atoms with Crippen LogP contribution in [0, 0.1) is 5.92 Å². The Kier molecular flexibility index (Phi) is 3.43. The van der Waals surface area contributed by atoms with Crippen LogP contribution in [0.1, 0.15) is 39.0 Å². The standard InChI is InChI=1S/C10H15F3O2/c1-7(14)6-8-4-2-3-5-9(8,15)10(11,12)13/h8,15H,2-6H2,1H3. The maximum absolute atomic E-state index is 12.7. The predicted molar refractivity (Wildman–Crippen MR) is 48.3 cm³/mol. The smallest absolute Gasteiger partial charge is 0.380 e. The van der Waals surface area contributed by atoms with Gasteiger partial charge >= 0.3 is 6.18 Å². The molecule has 1 aliphatic rings. The van der Waals surface area contributed by atoms with Crippen molar-refractivity contribution in [2.45, 2.75) is 50.8 Å². The first-order chi connectivity index (χ1) is 6.77. The molecule has 0 saturated heterocycles. The van der Waals surface area contributed by atoms with Crippen LogP contribution in [-0.2, 0) is 4.79 Å². The highest BCUT2D eigenvalue weighted by Crippen LogP contribution is 2.46. The van der Waals surface area contributed by atoms with E-state index < -0.39 is 17.7 Å². The van der Waals surface area contributed by atoms with Crippen LogP contribution in [0.25, 0.3) is 0 Å². The minimum Gasteiger partial charge on any atom is -0.380 e. The van der Waals surface area contributed by atoms with Gasteiger partial charge in [0.05, 0.1) is 0 Å². The second-order valence-electron chi connectivity index (χ2n) is 4.27. The number of carbonyl (C=O) groups is 1. The lowest BCUT2D eigenvalue weighted by atomic mass is 9.72. The molecule has 0 aromatic heterocycles. The summed E-state index contributed by atoms with van der Waals surface area (Å²) in [6.07, 6.45) is -3.81. The zero-order valence-corrected chi connectivity index (χ0v) is 8.60. The van der Waals surface area contributed by atoms with E-state index in [0.717, 1.165) is 0 Å². The molecule has 0 amide bonds. The Bertz CT molecular complexity index is 250. The molecule has 1 aliphatic carbocycles. The van der Waals surface area contributed by atoms with Crippen molar-refractivity contribution >= 4 is 5.78 Å². The SMILES string of the molecule is CC(=O)CC1CCCCC1(O)C(F)(F)F. The Balaban J connectivity index is 2.86. The summed E-state index contributed by atoms with van der Waals surface area (Å²) in [4.78, 5) is 10.8. The zero-order valence-electron chi connectivity index (χ0n) is 8.60. The van der Waals surface area contributed by atoms with E-state index in [0.29, 0.717) is 12.8 Å². The van der Waals surface area contributed by atoms with Crippen molar-refractivity contribution < 1.29 is 23.1 Å². The van der Waals surface area contributed by atoms with Gasteiger partial charge in [-0.2, -0.15) is 13.2 Å². The number of alkyl halides is 3. The molecule has 5 heteroatoms. The number of hydrogen-bond donors (Lipinski definition) is 1. The molecule has 0 heterocycles. The molecule has 2 nitrogen and oxygen atoms in total. The third-order valence-electron chi connectivity index (χ3n) is 3.06. The zero-order chi connectivity index (χ0) is 11.7. The maximum Gasteiger partial charge on any atom is 0.417 e. The number of Topliss-reactive ketones (excluding diaryl/α,β-unsaturated/α-hetero) is 1. The quantitative estimate of drug-likeness (QED) is 0.782. The first kappa shape index (κ1) is 12.5. The van der Waals surface area contributed by atoms with Gasteiger partial charge in [0.1, 0.15) is 5.78 Å². The number of ketones is 1. The van der Waals surface area contributed by atoms with Gasteiger partial charge in [0.15, 0.2) is 5.60 Å². The number of carbonyl (C=O) groups excluding carboxylic acids is 1. The number of halogens is 3. The minimum atomic E-state index is -4.63. The molecular formula is C10H15F3O2. The van der Waals surface area contributed by atoms with Gasteiger partial charge in [-0.1, -0.05) is 12.8 Å². The molecule has 0 aliphatic heterocycles. The van der Waals surface area contributed by atoms with E-state index in [9.17, 15) is 23.1 Å². The van der Waals surface area contributed by atoms with Gasteiger partial charge in [-0.25, -0.2) is 0 Å². The fourth-order valence-corrected chi connectivity index (χ4v) is 2.22. The summed E-state index contributed by atoms with van der Waals surface area (Å²) in [5.41, 5.74) is -2.66. The summed E-state index contributed by atoms with van der Waals surface area (Å²) < 4.78 is 38.0. The molecule has 1 rings (SSSR count). The van der Waals surface area contributed by atoms with Crippen LogP contribution in [0.2, 0.25) is 0 Å². The van der Waals surface area contributed by atoms with Gasteiger partial charge in [-0.3, -0.25) is 0 Å². The van der Waals surface area contributed by atoms with Gasteiger partial charge in [0.2, 0.25) is 0 Å². The summed E-state index contributed by atoms with van der Waals surface area (Å²) >= 11 is 0.